The largest absolute Gasteiger partial charge is 0.496 e. The van der Waals surface area contributed by atoms with Crippen LogP contribution in [0.15, 0.2) is 36.4 Å². The third-order valence-corrected chi connectivity index (χ3v) is 4.29. The van der Waals surface area contributed by atoms with Crippen LogP contribution in [0.4, 0.5) is 10.2 Å². The monoisotopic (exact) mass is 345 g/mol. The molecule has 1 aliphatic heterocycles. The van der Waals surface area contributed by atoms with Crippen LogP contribution in [0.2, 0.25) is 0 Å². The molecule has 1 aromatic carbocycles. The second kappa shape index (κ2) is 7.48. The van der Waals surface area contributed by atoms with E-state index in [1.807, 2.05) is 6.07 Å². The van der Waals surface area contributed by atoms with E-state index in [1.54, 1.807) is 19.2 Å². The van der Waals surface area contributed by atoms with Crippen molar-refractivity contribution in [3.8, 4) is 5.75 Å². The molecular formula is C18H20FN3O3. The van der Waals surface area contributed by atoms with Crippen LogP contribution < -0.4 is 9.64 Å². The Labute approximate surface area is 145 Å². The molecule has 0 aliphatic carbocycles. The minimum Gasteiger partial charge on any atom is -0.496 e. The number of aromatic carboxylic acids is 1. The number of ether oxygens (including phenoxy) is 1. The van der Waals surface area contributed by atoms with Crippen LogP contribution >= 0.6 is 0 Å². The summed E-state index contributed by atoms with van der Waals surface area (Å²) in [7, 11) is 1.58. The summed E-state index contributed by atoms with van der Waals surface area (Å²) in [5.74, 6) is 0.0466. The zero-order chi connectivity index (χ0) is 17.8. The Morgan fingerprint density at radius 3 is 2.68 bits per heavy atom. The average Bonchev–Trinajstić information content (AvgIpc) is 2.63. The van der Waals surface area contributed by atoms with Gasteiger partial charge in [0.1, 0.15) is 17.4 Å². The summed E-state index contributed by atoms with van der Waals surface area (Å²) < 4.78 is 18.8. The number of carbonyl (C=O) groups is 1. The summed E-state index contributed by atoms with van der Waals surface area (Å²) in [6, 6.07) is 9.54. The number of benzene rings is 1. The molecule has 0 amide bonds. The van der Waals surface area contributed by atoms with Gasteiger partial charge in [0.25, 0.3) is 0 Å². The number of hydrogen-bond acceptors (Lipinski definition) is 5. The fraction of sp³-hybridized carbons (Fsp3) is 0.333. The molecule has 0 saturated carbocycles. The smallest absolute Gasteiger partial charge is 0.354 e. The number of piperazine rings is 1. The number of aromatic nitrogens is 1. The van der Waals surface area contributed by atoms with Gasteiger partial charge in [-0.25, -0.2) is 14.2 Å². The van der Waals surface area contributed by atoms with Gasteiger partial charge in [0.2, 0.25) is 0 Å². The summed E-state index contributed by atoms with van der Waals surface area (Å²) in [5.41, 5.74) is 0.867. The SMILES string of the molecule is COc1ccc(F)cc1CN1CCN(c2cccc(C(=O)O)n2)CC1. The van der Waals surface area contributed by atoms with E-state index in [4.69, 9.17) is 9.84 Å². The Kier molecular flexibility index (Phi) is 5.14. The lowest BCUT2D eigenvalue weighted by molar-refractivity contribution is 0.0690. The fourth-order valence-corrected chi connectivity index (χ4v) is 2.97. The van der Waals surface area contributed by atoms with Crippen LogP contribution in [0.1, 0.15) is 16.1 Å². The van der Waals surface area contributed by atoms with Crippen molar-refractivity contribution in [3.63, 3.8) is 0 Å². The van der Waals surface area contributed by atoms with E-state index in [-0.39, 0.29) is 11.5 Å². The fourth-order valence-electron chi connectivity index (χ4n) is 2.97. The molecule has 1 aromatic heterocycles. The summed E-state index contributed by atoms with van der Waals surface area (Å²) in [5, 5.41) is 9.05. The summed E-state index contributed by atoms with van der Waals surface area (Å²) in [4.78, 5) is 19.5. The van der Waals surface area contributed by atoms with Gasteiger partial charge < -0.3 is 14.7 Å². The minimum absolute atomic E-state index is 0.0458. The summed E-state index contributed by atoms with van der Waals surface area (Å²) >= 11 is 0. The molecule has 6 nitrogen and oxygen atoms in total. The van der Waals surface area contributed by atoms with Crippen molar-refractivity contribution in [3.05, 3.63) is 53.5 Å². The lowest BCUT2D eigenvalue weighted by atomic mass is 10.1. The van der Waals surface area contributed by atoms with Crippen LogP contribution in [-0.2, 0) is 6.54 Å². The first kappa shape index (κ1) is 17.2. The maximum Gasteiger partial charge on any atom is 0.354 e. The topological polar surface area (TPSA) is 65.9 Å². The number of rotatable bonds is 5. The van der Waals surface area contributed by atoms with E-state index in [2.05, 4.69) is 14.8 Å². The van der Waals surface area contributed by atoms with Crippen LogP contribution in [0.5, 0.6) is 5.75 Å². The minimum atomic E-state index is -1.03. The molecule has 1 N–H and O–H groups in total. The van der Waals surface area contributed by atoms with Crippen molar-refractivity contribution in [1.82, 2.24) is 9.88 Å². The Hall–Kier alpha value is -2.67. The van der Waals surface area contributed by atoms with Gasteiger partial charge in [-0.3, -0.25) is 4.90 Å². The first-order chi connectivity index (χ1) is 12.1. The highest BCUT2D eigenvalue weighted by Gasteiger charge is 2.20. The number of pyridine rings is 1. The molecule has 2 aromatic rings. The second-order valence-electron chi connectivity index (χ2n) is 5.91. The molecule has 0 radical (unpaired) electrons. The van der Waals surface area contributed by atoms with Gasteiger partial charge in [-0.05, 0) is 30.3 Å². The highest BCUT2D eigenvalue weighted by molar-refractivity contribution is 5.85. The van der Waals surface area contributed by atoms with Crippen LogP contribution in [0, 0.1) is 5.82 Å². The summed E-state index contributed by atoms with van der Waals surface area (Å²) in [6.07, 6.45) is 0. The number of anilines is 1. The molecule has 132 valence electrons. The highest BCUT2D eigenvalue weighted by atomic mass is 19.1. The third kappa shape index (κ3) is 4.06. The van der Waals surface area contributed by atoms with E-state index in [0.29, 0.717) is 18.1 Å². The lowest BCUT2D eigenvalue weighted by Crippen LogP contribution is -2.46. The molecule has 7 heteroatoms. The first-order valence-corrected chi connectivity index (χ1v) is 8.07. The van der Waals surface area contributed by atoms with Gasteiger partial charge in [0.05, 0.1) is 7.11 Å². The quantitative estimate of drug-likeness (QED) is 0.897. The van der Waals surface area contributed by atoms with Crippen LogP contribution in [-0.4, -0.2) is 54.2 Å². The lowest BCUT2D eigenvalue weighted by Gasteiger charge is -2.35. The van der Waals surface area contributed by atoms with Gasteiger partial charge in [-0.1, -0.05) is 6.07 Å². The van der Waals surface area contributed by atoms with Gasteiger partial charge in [0.15, 0.2) is 5.69 Å². The third-order valence-electron chi connectivity index (χ3n) is 4.29. The number of carboxylic acids is 1. The molecule has 2 heterocycles. The van der Waals surface area contributed by atoms with Crippen molar-refractivity contribution in [1.29, 1.82) is 0 Å². The zero-order valence-electron chi connectivity index (χ0n) is 14.0. The highest BCUT2D eigenvalue weighted by Crippen LogP contribution is 2.22. The molecule has 0 unspecified atom stereocenters. The van der Waals surface area contributed by atoms with Crippen molar-refractivity contribution in [2.24, 2.45) is 0 Å². The van der Waals surface area contributed by atoms with Crippen LogP contribution in [0.3, 0.4) is 0 Å². The van der Waals surface area contributed by atoms with Crippen molar-refractivity contribution < 1.29 is 19.0 Å². The Bertz CT molecular complexity index is 761. The summed E-state index contributed by atoms with van der Waals surface area (Å²) in [6.45, 7) is 3.62. The standard InChI is InChI=1S/C18H20FN3O3/c1-25-16-6-5-14(19)11-13(16)12-21-7-9-22(10-8-21)17-4-2-3-15(20-17)18(23)24/h2-6,11H,7-10,12H2,1H3,(H,23,24). The predicted octanol–water partition coefficient (Wildman–Crippen LogP) is 2.25. The van der Waals surface area contributed by atoms with Crippen molar-refractivity contribution in [2.45, 2.75) is 6.54 Å². The van der Waals surface area contributed by atoms with Crippen LogP contribution in [0.25, 0.3) is 0 Å². The predicted molar refractivity (Wildman–Crippen MR) is 91.6 cm³/mol. The van der Waals surface area contributed by atoms with Gasteiger partial charge in [-0.2, -0.15) is 0 Å². The molecule has 1 aliphatic rings. The molecule has 1 fully saturated rings. The molecule has 0 bridgehead atoms. The van der Waals surface area contributed by atoms with Gasteiger partial charge in [0, 0.05) is 38.3 Å². The molecule has 3 rings (SSSR count). The Balaban J connectivity index is 1.63. The number of halogens is 1. The molecule has 0 spiro atoms. The van der Waals surface area contributed by atoms with Crippen molar-refractivity contribution >= 4 is 11.8 Å². The van der Waals surface area contributed by atoms with E-state index >= 15 is 0 Å². The maximum absolute atomic E-state index is 13.5. The first-order valence-electron chi connectivity index (χ1n) is 8.07. The van der Waals surface area contributed by atoms with E-state index in [1.165, 1.54) is 18.2 Å². The van der Waals surface area contributed by atoms with E-state index in [9.17, 15) is 9.18 Å². The normalized spacial score (nSPS) is 15.2. The number of carboxylic acid groups (broad SMARTS) is 1. The van der Waals surface area contributed by atoms with E-state index in [0.717, 1.165) is 31.7 Å². The molecule has 0 atom stereocenters. The van der Waals surface area contributed by atoms with E-state index < -0.39 is 5.97 Å². The zero-order valence-corrected chi connectivity index (χ0v) is 14.0. The molecule has 25 heavy (non-hydrogen) atoms. The number of hydrogen-bond donors (Lipinski definition) is 1. The van der Waals surface area contributed by atoms with Crippen molar-refractivity contribution in [2.75, 3.05) is 38.2 Å². The Morgan fingerprint density at radius 2 is 2.00 bits per heavy atom. The Morgan fingerprint density at radius 1 is 1.24 bits per heavy atom. The van der Waals surface area contributed by atoms with Gasteiger partial charge in [-0.15, -0.1) is 0 Å². The molecular weight excluding hydrogens is 325 g/mol. The molecule has 1 saturated heterocycles. The maximum atomic E-state index is 13.5. The average molecular weight is 345 g/mol. The van der Waals surface area contributed by atoms with Gasteiger partial charge >= 0.3 is 5.97 Å². The number of methoxy groups -OCH3 is 1. The second-order valence-corrected chi connectivity index (χ2v) is 5.91. The number of nitrogens with zero attached hydrogens (tertiary/aromatic N) is 3.